The topological polar surface area (TPSA) is 17.1 Å². The number of carbonyl (C=O) groups excluding carboxylic acids is 1. The molecule has 0 aromatic heterocycles. The second-order valence-corrected chi connectivity index (χ2v) is 7.51. The van der Waals surface area contributed by atoms with Crippen molar-refractivity contribution < 1.29 is 4.79 Å². The SMILES string of the molecule is Cc1c(C)c(C)c(C(=O)PC2CCCC2)c(C)c1C. The van der Waals surface area contributed by atoms with Crippen LogP contribution in [0.3, 0.4) is 0 Å². The van der Waals surface area contributed by atoms with Crippen LogP contribution in [0.25, 0.3) is 0 Å². The van der Waals surface area contributed by atoms with E-state index < -0.39 is 0 Å². The maximum atomic E-state index is 12.7. The van der Waals surface area contributed by atoms with Crippen molar-refractivity contribution in [1.29, 1.82) is 0 Å². The van der Waals surface area contributed by atoms with E-state index in [9.17, 15) is 4.79 Å². The van der Waals surface area contributed by atoms with E-state index in [0.717, 1.165) is 5.56 Å². The van der Waals surface area contributed by atoms with Crippen molar-refractivity contribution >= 4 is 14.1 Å². The van der Waals surface area contributed by atoms with Gasteiger partial charge in [0.05, 0.1) is 0 Å². The van der Waals surface area contributed by atoms with Crippen molar-refractivity contribution in [2.24, 2.45) is 0 Å². The Morgan fingerprint density at radius 1 is 0.842 bits per heavy atom. The fraction of sp³-hybridized carbons (Fsp3) is 0.588. The highest BCUT2D eigenvalue weighted by molar-refractivity contribution is 7.59. The van der Waals surface area contributed by atoms with Crippen LogP contribution in [0.5, 0.6) is 0 Å². The van der Waals surface area contributed by atoms with E-state index in [1.165, 1.54) is 53.5 Å². The first-order valence-corrected chi connectivity index (χ1v) is 8.39. The predicted molar refractivity (Wildman–Crippen MR) is 85.0 cm³/mol. The summed E-state index contributed by atoms with van der Waals surface area (Å²) in [6, 6.07) is 0. The smallest absolute Gasteiger partial charge is 0.181 e. The molecule has 104 valence electrons. The fourth-order valence-electron chi connectivity index (χ4n) is 3.17. The average molecular weight is 276 g/mol. The Labute approximate surface area is 119 Å². The molecule has 1 aliphatic rings. The lowest BCUT2D eigenvalue weighted by Gasteiger charge is -2.19. The summed E-state index contributed by atoms with van der Waals surface area (Å²) in [6.45, 7) is 10.7. The van der Waals surface area contributed by atoms with E-state index in [1.807, 2.05) is 0 Å². The molecule has 0 heterocycles. The molecule has 1 unspecified atom stereocenters. The molecule has 1 nitrogen and oxygen atoms in total. The molecule has 0 spiro atoms. The molecule has 1 aliphatic carbocycles. The first-order valence-electron chi connectivity index (χ1n) is 7.31. The lowest BCUT2D eigenvalue weighted by molar-refractivity contribution is 0.108. The van der Waals surface area contributed by atoms with Crippen LogP contribution in [-0.4, -0.2) is 11.2 Å². The summed E-state index contributed by atoms with van der Waals surface area (Å²) in [6.07, 6.45) is 5.14. The number of hydrogen-bond acceptors (Lipinski definition) is 1. The molecule has 2 rings (SSSR count). The third-order valence-electron chi connectivity index (χ3n) is 4.92. The van der Waals surface area contributed by atoms with Gasteiger partial charge in [0.1, 0.15) is 0 Å². The molecular formula is C17H25OP. The Hall–Kier alpha value is -0.680. The second-order valence-electron chi connectivity index (χ2n) is 5.95. The highest BCUT2D eigenvalue weighted by Gasteiger charge is 2.23. The molecule has 19 heavy (non-hydrogen) atoms. The van der Waals surface area contributed by atoms with Gasteiger partial charge in [0.25, 0.3) is 0 Å². The normalized spacial score (nSPS) is 16.7. The van der Waals surface area contributed by atoms with E-state index in [0.29, 0.717) is 19.8 Å². The summed E-state index contributed by atoms with van der Waals surface area (Å²) in [5, 5.41) is 0. The number of rotatable bonds is 3. The molecule has 2 heteroatoms. The summed E-state index contributed by atoms with van der Waals surface area (Å²) in [5.74, 6) is 0. The maximum Gasteiger partial charge on any atom is 0.181 e. The zero-order valence-electron chi connectivity index (χ0n) is 12.8. The van der Waals surface area contributed by atoms with E-state index >= 15 is 0 Å². The lowest BCUT2D eigenvalue weighted by Crippen LogP contribution is -2.08. The average Bonchev–Trinajstić information content (AvgIpc) is 2.87. The third kappa shape index (κ3) is 2.77. The monoisotopic (exact) mass is 276 g/mol. The Kier molecular flexibility index (Phi) is 4.46. The van der Waals surface area contributed by atoms with Crippen molar-refractivity contribution in [1.82, 2.24) is 0 Å². The van der Waals surface area contributed by atoms with Crippen LogP contribution in [0.4, 0.5) is 0 Å². The molecule has 0 amide bonds. The van der Waals surface area contributed by atoms with Crippen molar-refractivity contribution in [3.05, 3.63) is 33.4 Å². The van der Waals surface area contributed by atoms with Crippen LogP contribution < -0.4 is 0 Å². The van der Waals surface area contributed by atoms with Gasteiger partial charge >= 0.3 is 0 Å². The zero-order valence-corrected chi connectivity index (χ0v) is 13.8. The van der Waals surface area contributed by atoms with Crippen LogP contribution in [0.2, 0.25) is 0 Å². The van der Waals surface area contributed by atoms with Gasteiger partial charge in [-0.25, -0.2) is 0 Å². The predicted octanol–water partition coefficient (Wildman–Crippen LogP) is 4.99. The van der Waals surface area contributed by atoms with Gasteiger partial charge in [-0.1, -0.05) is 12.8 Å². The summed E-state index contributed by atoms with van der Waals surface area (Å²) in [7, 11) is 0.480. The van der Waals surface area contributed by atoms with Gasteiger partial charge in [-0.05, 0) is 89.5 Å². The third-order valence-corrected chi connectivity index (χ3v) is 6.42. The van der Waals surface area contributed by atoms with Crippen molar-refractivity contribution in [2.45, 2.75) is 66.0 Å². The molecular weight excluding hydrogens is 251 g/mol. The van der Waals surface area contributed by atoms with E-state index in [-0.39, 0.29) is 0 Å². The highest BCUT2D eigenvalue weighted by Crippen LogP contribution is 2.39. The first kappa shape index (κ1) is 14.7. The van der Waals surface area contributed by atoms with Gasteiger partial charge in [0.15, 0.2) is 5.52 Å². The lowest BCUT2D eigenvalue weighted by atomic mass is 9.90. The van der Waals surface area contributed by atoms with E-state index in [4.69, 9.17) is 0 Å². The van der Waals surface area contributed by atoms with Gasteiger partial charge in [-0.15, -0.1) is 0 Å². The number of carbonyl (C=O) groups is 1. The molecule has 1 aromatic rings. The van der Waals surface area contributed by atoms with Crippen LogP contribution in [0.15, 0.2) is 0 Å². The molecule has 1 saturated carbocycles. The standard InChI is InChI=1S/C17H25OP/c1-10-11(2)13(4)16(14(5)12(10)3)17(18)19-15-8-6-7-9-15/h15,19H,6-9H2,1-5H3. The molecule has 0 radical (unpaired) electrons. The zero-order chi connectivity index (χ0) is 14.2. The highest BCUT2D eigenvalue weighted by atomic mass is 31.1. The fourth-order valence-corrected chi connectivity index (χ4v) is 4.76. The van der Waals surface area contributed by atoms with Gasteiger partial charge < -0.3 is 0 Å². The van der Waals surface area contributed by atoms with E-state index in [1.54, 1.807) is 0 Å². The van der Waals surface area contributed by atoms with Crippen LogP contribution in [0, 0.1) is 34.6 Å². The number of benzene rings is 1. The van der Waals surface area contributed by atoms with E-state index in [2.05, 4.69) is 34.6 Å². The van der Waals surface area contributed by atoms with Crippen LogP contribution >= 0.6 is 8.58 Å². The molecule has 0 bridgehead atoms. The Morgan fingerprint density at radius 3 is 1.74 bits per heavy atom. The second kappa shape index (κ2) is 5.75. The Balaban J connectivity index is 2.36. The molecule has 0 aliphatic heterocycles. The molecule has 1 aromatic carbocycles. The van der Waals surface area contributed by atoms with Crippen molar-refractivity contribution in [2.75, 3.05) is 0 Å². The van der Waals surface area contributed by atoms with Crippen LogP contribution in [0.1, 0.15) is 63.9 Å². The number of hydrogen-bond donors (Lipinski definition) is 0. The minimum Gasteiger partial charge on any atom is -0.289 e. The summed E-state index contributed by atoms with van der Waals surface area (Å²) < 4.78 is 0. The first-order chi connectivity index (χ1) is 8.93. The molecule has 0 N–H and O–H groups in total. The minimum atomic E-state index is 0.396. The van der Waals surface area contributed by atoms with Gasteiger partial charge in [-0.3, -0.25) is 4.79 Å². The molecule has 1 fully saturated rings. The van der Waals surface area contributed by atoms with Gasteiger partial charge in [0, 0.05) is 5.56 Å². The van der Waals surface area contributed by atoms with Crippen molar-refractivity contribution in [3.8, 4) is 0 Å². The van der Waals surface area contributed by atoms with Crippen molar-refractivity contribution in [3.63, 3.8) is 0 Å². The molecule has 0 saturated heterocycles. The maximum absolute atomic E-state index is 12.7. The summed E-state index contributed by atoms with van der Waals surface area (Å²) >= 11 is 0. The Bertz CT molecular complexity index is 481. The van der Waals surface area contributed by atoms with Gasteiger partial charge in [0.2, 0.25) is 0 Å². The van der Waals surface area contributed by atoms with Crippen LogP contribution in [-0.2, 0) is 0 Å². The minimum absolute atomic E-state index is 0.396. The Morgan fingerprint density at radius 2 is 1.26 bits per heavy atom. The largest absolute Gasteiger partial charge is 0.289 e. The quantitative estimate of drug-likeness (QED) is 0.711. The summed E-state index contributed by atoms with van der Waals surface area (Å²) in [4.78, 5) is 12.7. The summed E-state index contributed by atoms with van der Waals surface area (Å²) in [5.41, 5.74) is 8.42. The van der Waals surface area contributed by atoms with Gasteiger partial charge in [-0.2, -0.15) is 0 Å². The molecule has 1 atom stereocenters.